The highest BCUT2D eigenvalue weighted by Gasteiger charge is 2.28. The normalized spacial score (nSPS) is 11.4. The number of hydrogen-bond donors (Lipinski definition) is 0. The van der Waals surface area contributed by atoms with Gasteiger partial charge >= 0.3 is 6.18 Å². The second-order valence-electron chi connectivity index (χ2n) is 0.600. The Bertz CT molecular complexity index is 85.4. The van der Waals surface area contributed by atoms with Crippen molar-refractivity contribution in [2.45, 2.75) is 6.18 Å². The van der Waals surface area contributed by atoms with Crippen LogP contribution in [-0.4, -0.2) is 19.7 Å². The predicted octanol–water partition coefficient (Wildman–Crippen LogP) is -0.559. The number of alkyl halides is 3. The van der Waals surface area contributed by atoms with Crippen LogP contribution in [0.4, 0.5) is 13.2 Å². The zero-order chi connectivity index (χ0) is 6.08. The van der Waals surface area contributed by atoms with Crippen molar-refractivity contribution in [1.82, 2.24) is 0 Å². The molecule has 0 aromatic carbocycles. The van der Waals surface area contributed by atoms with Crippen molar-refractivity contribution in [3.63, 3.8) is 0 Å². The van der Waals surface area contributed by atoms with E-state index in [2.05, 4.69) is 0 Å². The molecule has 0 unspecified atom stereocenters. The monoisotopic (exact) mass is 111 g/mol. The smallest absolute Gasteiger partial charge is 0.338 e. The molecule has 42 valence electrons. The molecule has 0 aliphatic rings. The van der Waals surface area contributed by atoms with Gasteiger partial charge in [-0.25, -0.2) is 0 Å². The van der Waals surface area contributed by atoms with Gasteiger partial charge in [-0.15, -0.1) is 0 Å². The number of hydrogen-bond acceptors (Lipinski definition) is 1. The minimum Gasteiger partial charge on any atom is -0.338 e. The summed E-state index contributed by atoms with van der Waals surface area (Å²) in [6.45, 7) is 0. The highest BCUT2D eigenvalue weighted by molar-refractivity contribution is 6.59. The van der Waals surface area contributed by atoms with Crippen LogP contribution in [0.1, 0.15) is 0 Å². The van der Waals surface area contributed by atoms with Gasteiger partial charge in [0.1, 0.15) is 0 Å². The molecule has 7 heavy (non-hydrogen) atoms. The minimum atomic E-state index is -4.53. The molecule has 0 saturated heterocycles. The lowest BCUT2D eigenvalue weighted by Gasteiger charge is -2.01. The molecule has 0 aromatic heterocycles. The van der Waals surface area contributed by atoms with Crippen molar-refractivity contribution in [3.8, 4) is 0 Å². The van der Waals surface area contributed by atoms with E-state index in [0.29, 0.717) is 0 Å². The maximum atomic E-state index is 10.9. The Hall–Kier alpha value is -0.475. The van der Waals surface area contributed by atoms with Gasteiger partial charge in [-0.3, -0.25) is 0 Å². The zero-order valence-corrected chi connectivity index (χ0v) is 2.54. The molecule has 0 N–H and O–H groups in total. The third kappa shape index (κ3) is 2.25. The van der Waals surface area contributed by atoms with Crippen LogP contribution in [0.5, 0.6) is 0 Å². The summed E-state index contributed by atoms with van der Waals surface area (Å²) < 4.78 is 32.7. The fraction of sp³-hybridized carbons (Fsp3) is 0.500. The van der Waals surface area contributed by atoms with Crippen molar-refractivity contribution >= 4 is 13.5 Å². The van der Waals surface area contributed by atoms with E-state index in [1.807, 2.05) is 0 Å². The maximum Gasteiger partial charge on any atom is 0.410 e. The maximum absolute atomic E-state index is 10.9. The van der Waals surface area contributed by atoms with Gasteiger partial charge < -0.3 is 4.79 Å². The first kappa shape index (κ1) is 6.52. The summed E-state index contributed by atoms with van der Waals surface area (Å²) in [6.07, 6.45) is -4.53. The molecule has 0 saturated carbocycles. The number of rotatable bonds is 0. The van der Waals surface area contributed by atoms with Gasteiger partial charge in [-0.1, -0.05) is 0 Å². The second-order valence-corrected chi connectivity index (χ2v) is 0.600. The third-order valence-electron chi connectivity index (χ3n) is 0.116. The molecule has 0 atom stereocenters. The van der Waals surface area contributed by atoms with Crippen molar-refractivity contribution < 1.29 is 18.0 Å². The SMILES string of the molecule is [BH3-]C(=O)C(F)(F)F. The molecule has 0 heterocycles. The highest BCUT2D eigenvalue weighted by atomic mass is 19.4. The molecular formula is C2H3BF3O-. The standard InChI is InChI=1S/C2H3BF3O/c3-1(7)2(4,5)6/h3H3/q-1. The molecule has 0 bridgehead atoms. The lowest BCUT2D eigenvalue weighted by molar-refractivity contribution is -0.161. The second kappa shape index (κ2) is 1.56. The van der Waals surface area contributed by atoms with Crippen LogP contribution >= 0.6 is 0 Å². The minimum absolute atomic E-state index is 1.17. The van der Waals surface area contributed by atoms with Crippen LogP contribution in [0.15, 0.2) is 0 Å². The summed E-state index contributed by atoms with van der Waals surface area (Å²) in [6, 6.07) is 0. The van der Waals surface area contributed by atoms with E-state index in [0.717, 1.165) is 0 Å². The van der Waals surface area contributed by atoms with Crippen LogP contribution < -0.4 is 0 Å². The van der Waals surface area contributed by atoms with Crippen molar-refractivity contribution in [3.05, 3.63) is 0 Å². The van der Waals surface area contributed by atoms with Crippen molar-refractivity contribution in [2.24, 2.45) is 0 Å². The summed E-state index contributed by atoms with van der Waals surface area (Å²) >= 11 is 0. The largest absolute Gasteiger partial charge is 0.410 e. The number of carbonyl (C=O) groups excluding carboxylic acids is 1. The van der Waals surface area contributed by atoms with Gasteiger partial charge in [0, 0.05) is 7.85 Å². The molecule has 0 aliphatic heterocycles. The van der Waals surface area contributed by atoms with Crippen LogP contribution in [-0.2, 0) is 4.79 Å². The molecule has 0 aromatic rings. The lowest BCUT2D eigenvalue weighted by atomic mass is 10.0. The van der Waals surface area contributed by atoms with Gasteiger partial charge in [0.05, 0.1) is 5.68 Å². The molecule has 0 spiro atoms. The van der Waals surface area contributed by atoms with E-state index in [1.165, 1.54) is 0 Å². The molecule has 0 fully saturated rings. The van der Waals surface area contributed by atoms with Gasteiger partial charge in [-0.05, 0) is 0 Å². The quantitative estimate of drug-likeness (QED) is 0.383. The van der Waals surface area contributed by atoms with Crippen LogP contribution in [0.2, 0.25) is 0 Å². The molecule has 0 amide bonds. The van der Waals surface area contributed by atoms with Gasteiger partial charge in [0.25, 0.3) is 0 Å². The Labute approximate surface area is 38.9 Å². The molecule has 0 rings (SSSR count). The van der Waals surface area contributed by atoms with Crippen molar-refractivity contribution in [1.29, 1.82) is 0 Å². The first-order valence-electron chi connectivity index (χ1n) is 1.02. The van der Waals surface area contributed by atoms with E-state index in [9.17, 15) is 18.0 Å². The van der Waals surface area contributed by atoms with E-state index in [1.54, 1.807) is 0 Å². The Morgan fingerprint density at radius 1 is 1.43 bits per heavy atom. The van der Waals surface area contributed by atoms with Gasteiger partial charge in [-0.2, -0.15) is 13.2 Å². The summed E-state index contributed by atoms with van der Waals surface area (Å²) in [5, 5.41) is 0. The number of carbonyl (C=O) groups is 1. The first-order chi connectivity index (χ1) is 2.94. The van der Waals surface area contributed by atoms with Crippen LogP contribution in [0.3, 0.4) is 0 Å². The average molecular weight is 111 g/mol. The Morgan fingerprint density at radius 2 is 1.57 bits per heavy atom. The summed E-state index contributed by atoms with van der Waals surface area (Å²) in [7, 11) is -1.17. The summed E-state index contributed by atoms with van der Waals surface area (Å²) in [5.74, 6) is 0. The first-order valence-corrected chi connectivity index (χ1v) is 1.02. The Balaban J connectivity index is 3.79. The van der Waals surface area contributed by atoms with E-state index >= 15 is 0 Å². The average Bonchev–Trinajstić information content (AvgIpc) is 1.31. The Kier molecular flexibility index (Phi) is 1.45. The van der Waals surface area contributed by atoms with Crippen molar-refractivity contribution in [2.75, 3.05) is 0 Å². The van der Waals surface area contributed by atoms with Gasteiger partial charge in [0.2, 0.25) is 0 Å². The van der Waals surface area contributed by atoms with E-state index < -0.39 is 19.7 Å². The third-order valence-corrected chi connectivity index (χ3v) is 0.116. The fourth-order valence-corrected chi connectivity index (χ4v) is 0. The lowest BCUT2D eigenvalue weighted by Crippen LogP contribution is -2.21. The fourth-order valence-electron chi connectivity index (χ4n) is 0. The topological polar surface area (TPSA) is 17.1 Å². The predicted molar refractivity (Wildman–Crippen MR) is 21.0 cm³/mol. The molecule has 0 aliphatic carbocycles. The molecular weight excluding hydrogens is 108 g/mol. The molecule has 5 heteroatoms. The Morgan fingerprint density at radius 3 is 1.57 bits per heavy atom. The number of halogens is 3. The summed E-state index contributed by atoms with van der Waals surface area (Å²) in [4.78, 5) is 9.45. The van der Waals surface area contributed by atoms with E-state index in [4.69, 9.17) is 0 Å². The molecule has 0 radical (unpaired) electrons. The summed E-state index contributed by atoms with van der Waals surface area (Å²) in [5.41, 5.74) is -1.51. The van der Waals surface area contributed by atoms with Crippen LogP contribution in [0.25, 0.3) is 0 Å². The van der Waals surface area contributed by atoms with E-state index in [-0.39, 0.29) is 0 Å². The van der Waals surface area contributed by atoms with Gasteiger partial charge in [0.15, 0.2) is 0 Å². The highest BCUT2D eigenvalue weighted by Crippen LogP contribution is 2.12. The zero-order valence-electron chi connectivity index (χ0n) is 2.54. The molecule has 1 nitrogen and oxygen atoms in total. The van der Waals surface area contributed by atoms with Crippen LogP contribution in [0, 0.1) is 0 Å².